The Morgan fingerprint density at radius 1 is 0.364 bits per heavy atom. The number of carboxylic acids is 3. The third kappa shape index (κ3) is 31.8. The molecule has 0 spiro atoms. The van der Waals surface area contributed by atoms with Crippen molar-refractivity contribution in [2.45, 2.75) is 177 Å². The molecule has 0 unspecified atom stereocenters. The van der Waals surface area contributed by atoms with Crippen LogP contribution in [-0.4, -0.2) is 293 Å². The van der Waals surface area contributed by atoms with Crippen LogP contribution in [0.2, 0.25) is 0 Å². The van der Waals surface area contributed by atoms with Gasteiger partial charge in [0, 0.05) is 19.3 Å². The van der Waals surface area contributed by atoms with Crippen molar-refractivity contribution in [3.05, 3.63) is 65.7 Å². The van der Waals surface area contributed by atoms with Crippen molar-refractivity contribution in [1.29, 1.82) is 0 Å². The van der Waals surface area contributed by atoms with Gasteiger partial charge in [0.05, 0.1) is 51.7 Å². The average molecular weight is 1540 g/mol. The normalized spacial score (nSPS) is 15.7. The number of amides is 13. The summed E-state index contributed by atoms with van der Waals surface area (Å²) in [5.74, 6) is -22.3. The second kappa shape index (κ2) is 46.7. The number of hydrogen-bond acceptors (Lipinski definition) is 26. The van der Waals surface area contributed by atoms with Crippen molar-refractivity contribution in [2.24, 2.45) is 17.6 Å². The van der Waals surface area contributed by atoms with Crippen molar-refractivity contribution >= 4 is 106 Å². The summed E-state index contributed by atoms with van der Waals surface area (Å²) in [4.78, 5) is 213. The van der Waals surface area contributed by atoms with Gasteiger partial charge in [0.25, 0.3) is 0 Å². The van der Waals surface area contributed by atoms with Crippen LogP contribution in [-0.2, 0) is 89.6 Å². The number of phenols is 1. The SMILES string of the molecule is CSCC[C@H](NC(=O)[C@H](CO)NC(=O)[C@H](CO)NC(=O)[C@H](CO)NC(=O)[C@@H](NC(=O)[C@@H](NC(=O)[C@H](CC(=O)O)NC(=O)[C@H](CCC(=O)O)NC(=O)[C@@H](N)CO)C(C)C)C(C)C)C(=O)N[C@@H](CO)C(=O)N[C@@H](Cc1ccc(O)cc1)C(=O)N[C@H](C(=O)N[C@@H](Cc1ccccc1)C(=O)N[C@H](C(=O)O)[C@@H](C)O)[C@@H](C)O. The third-order valence-corrected chi connectivity index (χ3v) is 16.5. The molecule has 13 amide bonds. The molecule has 0 saturated carbocycles. The minimum Gasteiger partial charge on any atom is -0.508 e. The van der Waals surface area contributed by atoms with Crippen molar-refractivity contribution in [2.75, 3.05) is 45.0 Å². The Bertz CT molecular complexity index is 3370. The fourth-order valence-corrected chi connectivity index (χ4v) is 10.2. The van der Waals surface area contributed by atoms with E-state index in [2.05, 4.69) is 69.1 Å². The van der Waals surface area contributed by atoms with Crippen molar-refractivity contribution in [3.63, 3.8) is 0 Å². The average Bonchev–Trinajstić information content (AvgIpc) is 0.849. The molecule has 0 aromatic heterocycles. The summed E-state index contributed by atoms with van der Waals surface area (Å²) in [5, 5.41) is 139. The van der Waals surface area contributed by atoms with E-state index in [0.29, 0.717) is 5.56 Å². The molecule has 42 heteroatoms. The van der Waals surface area contributed by atoms with Crippen molar-refractivity contribution in [3.8, 4) is 5.75 Å². The zero-order valence-electron chi connectivity index (χ0n) is 59.5. The first kappa shape index (κ1) is 92.9. The number of nitrogens with one attached hydrogen (secondary N) is 13. The lowest BCUT2D eigenvalue weighted by atomic mass is 9.98. The molecule has 596 valence electrons. The Kier molecular flexibility index (Phi) is 40.5. The lowest BCUT2D eigenvalue weighted by Crippen LogP contribution is -2.63. The van der Waals surface area contributed by atoms with E-state index in [1.54, 1.807) is 36.6 Å². The Morgan fingerprint density at radius 2 is 0.682 bits per heavy atom. The Labute approximate surface area is 617 Å². The first-order chi connectivity index (χ1) is 50.3. The molecule has 2 rings (SSSR count). The van der Waals surface area contributed by atoms with E-state index in [1.807, 2.05) is 0 Å². The standard InChI is InChI=1S/C65H98N14O27S/c1-29(2)48(77-63(103)49(30(3)4)76-57(97)41(23-47(90)91)70-53(93)37(17-18-46(88)89)67-52(92)36(66)24-80)62(102)75-45(28-84)61(101)74-44(27-83)60(100)73-42(25-81)58(98)68-38(19-20-107-7)54(94)72-43(26-82)59(99)69-39(22-34-13-15-35(87)16-14-34)55(95)78-50(31(5)85)64(104)71-40(21-33-11-9-8-10-12-33)56(96)79-51(32(6)86)65(105)106/h8-16,29-32,36-45,48-51,80-87H,17-28,66H2,1-7H3,(H,67,92)(H,68,98)(H,69,99)(H,70,93)(H,71,104)(H,72,94)(H,73,100)(H,74,101)(H,75,102)(H,76,97)(H,77,103)(H,78,95)(H,79,96)(H,88,89)(H,90,91)(H,105,106)/t31-,32-,36+,37+,38+,39+,40+,41+,42+,43+,44+,45+,48+,49+,50+,51+/m1/s1. The Hall–Kier alpha value is -10.2. The van der Waals surface area contributed by atoms with E-state index in [9.17, 15) is 133 Å². The topological polar surface area (TPSA) is 678 Å². The first-order valence-corrected chi connectivity index (χ1v) is 34.8. The molecule has 16 atom stereocenters. The number of benzene rings is 2. The van der Waals surface area contributed by atoms with Gasteiger partial charge >= 0.3 is 17.9 Å². The zero-order valence-corrected chi connectivity index (χ0v) is 60.3. The van der Waals surface area contributed by atoms with Crippen molar-refractivity contribution < 1.29 is 133 Å². The van der Waals surface area contributed by atoms with Gasteiger partial charge in [0.15, 0.2) is 6.04 Å². The van der Waals surface area contributed by atoms with Crippen LogP contribution in [0.15, 0.2) is 54.6 Å². The number of rotatable bonds is 48. The Balaban J connectivity index is 2.32. The molecule has 0 saturated heterocycles. The van der Waals surface area contributed by atoms with Crippen LogP contribution in [0.5, 0.6) is 5.75 Å². The Morgan fingerprint density at radius 3 is 1.07 bits per heavy atom. The van der Waals surface area contributed by atoms with Crippen LogP contribution in [0.25, 0.3) is 0 Å². The smallest absolute Gasteiger partial charge is 0.328 e. The van der Waals surface area contributed by atoms with E-state index in [-0.39, 0.29) is 29.9 Å². The zero-order chi connectivity index (χ0) is 81.1. The maximum atomic E-state index is 14.3. The van der Waals surface area contributed by atoms with Crippen LogP contribution < -0.4 is 74.9 Å². The van der Waals surface area contributed by atoms with Gasteiger partial charge in [0.2, 0.25) is 76.8 Å². The highest BCUT2D eigenvalue weighted by Gasteiger charge is 2.40. The second-order valence-corrected chi connectivity index (χ2v) is 26.2. The molecule has 0 heterocycles. The third-order valence-electron chi connectivity index (χ3n) is 15.9. The fourth-order valence-electron chi connectivity index (χ4n) is 9.72. The highest BCUT2D eigenvalue weighted by molar-refractivity contribution is 7.98. The number of phenolic OH excluding ortho intramolecular Hbond substituents is 1. The van der Waals surface area contributed by atoms with Gasteiger partial charge in [-0.3, -0.25) is 71.9 Å². The molecule has 0 aliphatic rings. The van der Waals surface area contributed by atoms with Gasteiger partial charge in [-0.25, -0.2) is 4.79 Å². The molecule has 0 aliphatic heterocycles. The highest BCUT2D eigenvalue weighted by atomic mass is 32.2. The predicted octanol–water partition coefficient (Wildman–Crippen LogP) is -9.98. The van der Waals surface area contributed by atoms with E-state index in [1.165, 1.54) is 63.7 Å². The molecule has 26 N–H and O–H groups in total. The largest absolute Gasteiger partial charge is 0.508 e. The van der Waals surface area contributed by atoms with Crippen LogP contribution in [0.4, 0.5) is 0 Å². The molecule has 0 fully saturated rings. The van der Waals surface area contributed by atoms with Gasteiger partial charge in [-0.2, -0.15) is 11.8 Å². The summed E-state index contributed by atoms with van der Waals surface area (Å²) in [7, 11) is 0. The first-order valence-electron chi connectivity index (χ1n) is 33.4. The number of aromatic hydroxyl groups is 1. The lowest BCUT2D eigenvalue weighted by Gasteiger charge is -2.29. The van der Waals surface area contributed by atoms with Gasteiger partial charge in [-0.15, -0.1) is 0 Å². The lowest BCUT2D eigenvalue weighted by molar-refractivity contribution is -0.145. The molecular weight excluding hydrogens is 1440 g/mol. The second-order valence-electron chi connectivity index (χ2n) is 25.2. The molecule has 0 bridgehead atoms. The summed E-state index contributed by atoms with van der Waals surface area (Å²) >= 11 is 1.17. The summed E-state index contributed by atoms with van der Waals surface area (Å²) in [6.45, 7) is 2.13. The number of carbonyl (C=O) groups is 16. The van der Waals surface area contributed by atoms with Crippen LogP contribution in [0.3, 0.4) is 0 Å². The van der Waals surface area contributed by atoms with E-state index >= 15 is 0 Å². The molecule has 2 aromatic carbocycles. The number of aliphatic hydroxyl groups is 7. The minimum absolute atomic E-state index is 0.109. The minimum atomic E-state index is -2.03. The maximum Gasteiger partial charge on any atom is 0.328 e. The van der Waals surface area contributed by atoms with Crippen LogP contribution in [0.1, 0.15) is 78.4 Å². The van der Waals surface area contributed by atoms with E-state index in [4.69, 9.17) is 5.73 Å². The number of carbonyl (C=O) groups excluding carboxylic acids is 13. The highest BCUT2D eigenvalue weighted by Crippen LogP contribution is 2.15. The molecule has 2 aromatic rings. The maximum absolute atomic E-state index is 14.3. The van der Waals surface area contributed by atoms with Crippen LogP contribution in [0, 0.1) is 11.8 Å². The van der Waals surface area contributed by atoms with E-state index in [0.717, 1.165) is 13.8 Å². The molecule has 0 aliphatic carbocycles. The van der Waals surface area contributed by atoms with Crippen LogP contribution >= 0.6 is 11.8 Å². The summed E-state index contributed by atoms with van der Waals surface area (Å²) in [6, 6.07) is -12.0. The molecular formula is C65H98N14O27S. The van der Waals surface area contributed by atoms with Gasteiger partial charge in [0.1, 0.15) is 84.3 Å². The molecule has 0 radical (unpaired) electrons. The van der Waals surface area contributed by atoms with Gasteiger partial charge in [-0.05, 0) is 73.8 Å². The summed E-state index contributed by atoms with van der Waals surface area (Å²) < 4.78 is 0. The number of thioether (sulfide) groups is 1. The predicted molar refractivity (Wildman–Crippen MR) is 373 cm³/mol. The number of aliphatic carboxylic acids is 3. The molecule has 41 nitrogen and oxygen atoms in total. The molecule has 107 heavy (non-hydrogen) atoms. The number of aliphatic hydroxyl groups excluding tert-OH is 7. The van der Waals surface area contributed by atoms with Gasteiger partial charge in [-0.1, -0.05) is 70.2 Å². The number of nitrogens with two attached hydrogens (primary N) is 1. The number of carboxylic acid groups (broad SMARTS) is 3. The summed E-state index contributed by atoms with van der Waals surface area (Å²) in [5.41, 5.74) is 6.22. The van der Waals surface area contributed by atoms with Gasteiger partial charge < -0.3 is 131 Å². The fraction of sp³-hybridized carbons (Fsp3) is 0.569. The van der Waals surface area contributed by atoms with Crippen molar-refractivity contribution in [1.82, 2.24) is 69.1 Å². The quantitative estimate of drug-likeness (QED) is 0.0293. The summed E-state index contributed by atoms with van der Waals surface area (Å²) in [6.07, 6.45) is -5.10. The number of hydrogen-bond donors (Lipinski definition) is 25. The monoisotopic (exact) mass is 1540 g/mol. The van der Waals surface area contributed by atoms with E-state index < -0.39 is 262 Å².